The van der Waals surface area contributed by atoms with Crippen LogP contribution in [-0.2, 0) is 0 Å². The van der Waals surface area contributed by atoms with Crippen LogP contribution in [0.2, 0.25) is 0 Å². The van der Waals surface area contributed by atoms with Crippen molar-refractivity contribution >= 4 is 43.1 Å². The van der Waals surface area contributed by atoms with Gasteiger partial charge in [-0.3, -0.25) is 0 Å². The number of fused-ring (bicyclic) bond motifs is 8. The Morgan fingerprint density at radius 2 is 0.318 bits per heavy atom. The minimum absolute atomic E-state index is 1.19. The second-order valence-electron chi connectivity index (χ2n) is 23.5. The third kappa shape index (κ3) is 7.46. The van der Waals surface area contributed by atoms with Gasteiger partial charge in [-0.1, -0.05) is 328 Å². The fraction of sp³-hybridized carbons (Fsp3) is 0. The summed E-state index contributed by atoms with van der Waals surface area (Å²) in [4.78, 5) is 0. The van der Waals surface area contributed by atoms with Gasteiger partial charge < -0.3 is 0 Å². The minimum atomic E-state index is 1.19. The highest BCUT2D eigenvalue weighted by atomic mass is 14.4. The summed E-state index contributed by atoms with van der Waals surface area (Å²) in [5.41, 5.74) is 32.2. The summed E-state index contributed by atoms with van der Waals surface area (Å²) in [6, 6.07) is 122. The highest BCUT2D eigenvalue weighted by Crippen LogP contribution is 2.63. The van der Waals surface area contributed by atoms with E-state index in [0.717, 1.165) is 0 Å². The SMILES string of the molecule is c1ccc(-c2cccc(-c3ccccc3)c2-c2c3c(c(-c4ccccc4)c4ccccc24)-c2cccc4c(-c5ccc6c7c(cccc57)-c5c-6c(-c6c(-c7ccccc7)cccc6-c6ccccc6)c6ccccc6c5-c5ccccc5)ccc-3c24)cc1. The maximum absolute atomic E-state index is 2.47. The molecule has 0 heterocycles. The number of hydrogen-bond acceptors (Lipinski definition) is 0. The summed E-state index contributed by atoms with van der Waals surface area (Å²) in [5.74, 6) is 0. The lowest BCUT2D eigenvalue weighted by Crippen LogP contribution is -1.97. The predicted octanol–water partition coefficient (Wildman–Crippen LogP) is 24.6. The monoisotopic (exact) mass is 1110 g/mol. The molecule has 0 fully saturated rings. The van der Waals surface area contributed by atoms with Crippen molar-refractivity contribution in [2.45, 2.75) is 0 Å². The van der Waals surface area contributed by atoms with Crippen molar-refractivity contribution in [2.24, 2.45) is 0 Å². The van der Waals surface area contributed by atoms with Crippen LogP contribution in [0, 0.1) is 0 Å². The van der Waals surface area contributed by atoms with Crippen molar-refractivity contribution in [3.8, 4) is 145 Å². The van der Waals surface area contributed by atoms with Crippen LogP contribution in [0.5, 0.6) is 0 Å². The molecule has 16 aromatic rings. The van der Waals surface area contributed by atoms with Crippen LogP contribution in [-0.4, -0.2) is 0 Å². The molecule has 2 aliphatic rings. The van der Waals surface area contributed by atoms with Crippen LogP contribution in [0.15, 0.2) is 328 Å². The fourth-order valence-electron chi connectivity index (χ4n) is 15.5. The Bertz CT molecular complexity index is 5030. The normalized spacial score (nSPS) is 11.9. The Kier molecular flexibility index (Phi) is 11.4. The third-order valence-corrected chi connectivity index (χ3v) is 19.0. The van der Waals surface area contributed by atoms with Crippen LogP contribution in [0.25, 0.3) is 188 Å². The zero-order chi connectivity index (χ0) is 57.8. The van der Waals surface area contributed by atoms with Gasteiger partial charge in [0.25, 0.3) is 0 Å². The quantitative estimate of drug-likeness (QED) is 0.135. The molecule has 0 nitrogen and oxygen atoms in total. The zero-order valence-electron chi connectivity index (χ0n) is 48.2. The molecule has 406 valence electrons. The molecule has 0 bridgehead atoms. The Labute approximate surface area is 512 Å². The summed E-state index contributed by atoms with van der Waals surface area (Å²) in [6.07, 6.45) is 0. The number of rotatable bonds is 9. The first-order valence-electron chi connectivity index (χ1n) is 30.7. The molecule has 0 unspecified atom stereocenters. The van der Waals surface area contributed by atoms with Gasteiger partial charge in [0, 0.05) is 0 Å². The first-order chi connectivity index (χ1) is 43.8. The molecule has 0 aliphatic heterocycles. The molecule has 88 heavy (non-hydrogen) atoms. The molecule has 0 aromatic heterocycles. The summed E-state index contributed by atoms with van der Waals surface area (Å²) < 4.78 is 0. The van der Waals surface area contributed by atoms with Crippen LogP contribution in [0.4, 0.5) is 0 Å². The zero-order valence-corrected chi connectivity index (χ0v) is 48.2. The van der Waals surface area contributed by atoms with Crippen molar-refractivity contribution in [1.82, 2.24) is 0 Å². The molecule has 16 aromatic carbocycles. The van der Waals surface area contributed by atoms with E-state index in [9.17, 15) is 0 Å². The van der Waals surface area contributed by atoms with Crippen molar-refractivity contribution in [3.63, 3.8) is 0 Å². The lowest BCUT2D eigenvalue weighted by atomic mass is 9.78. The van der Waals surface area contributed by atoms with Crippen molar-refractivity contribution in [3.05, 3.63) is 328 Å². The predicted molar refractivity (Wildman–Crippen MR) is 374 cm³/mol. The van der Waals surface area contributed by atoms with E-state index in [2.05, 4.69) is 328 Å². The van der Waals surface area contributed by atoms with E-state index in [1.165, 1.54) is 188 Å². The van der Waals surface area contributed by atoms with E-state index in [4.69, 9.17) is 0 Å². The minimum Gasteiger partial charge on any atom is -0.0622 e. The molecular formula is C88H54. The van der Waals surface area contributed by atoms with Gasteiger partial charge in [0.1, 0.15) is 0 Å². The molecule has 2 aliphatic carbocycles. The highest BCUT2D eigenvalue weighted by molar-refractivity contribution is 6.33. The van der Waals surface area contributed by atoms with E-state index in [1.54, 1.807) is 0 Å². The standard InChI is InChI=1S/C88H54/c1-7-27-55(28-8-1)61-43-23-44-62(56-29-9-2-10-30-56)81(61)83-71-41-21-19-39-69(71)77(59-35-15-5-16-36-59)85-73-49-25-47-67-65(51-53-75(79(67)73)87(83)85)66-52-54-76-80-68(66)48-26-50-74(80)86-78(60-37-17-6-18-38-60)70-40-20-22-42-72(70)84(88(76)86)82-63(57-31-11-3-12-32-57)45-24-46-64(82)58-33-13-4-14-34-58/h1-54H. The van der Waals surface area contributed by atoms with Crippen LogP contribution < -0.4 is 0 Å². The van der Waals surface area contributed by atoms with Gasteiger partial charge in [0.2, 0.25) is 0 Å². The lowest BCUT2D eigenvalue weighted by Gasteiger charge is -2.24. The number of hydrogen-bond donors (Lipinski definition) is 0. The van der Waals surface area contributed by atoms with Crippen LogP contribution in [0.1, 0.15) is 0 Å². The molecular weight excluding hydrogens is 1060 g/mol. The first kappa shape index (κ1) is 49.9. The maximum atomic E-state index is 2.47. The van der Waals surface area contributed by atoms with Gasteiger partial charge in [-0.05, 0) is 188 Å². The van der Waals surface area contributed by atoms with Crippen LogP contribution >= 0.6 is 0 Å². The molecule has 0 atom stereocenters. The average molecular weight is 1110 g/mol. The maximum Gasteiger partial charge on any atom is -0.000696 e. The molecule has 0 saturated heterocycles. The summed E-state index contributed by atoms with van der Waals surface area (Å²) in [6.45, 7) is 0. The third-order valence-electron chi connectivity index (χ3n) is 19.0. The topological polar surface area (TPSA) is 0 Å². The van der Waals surface area contributed by atoms with E-state index < -0.39 is 0 Å². The van der Waals surface area contributed by atoms with Crippen molar-refractivity contribution < 1.29 is 0 Å². The van der Waals surface area contributed by atoms with Gasteiger partial charge in [0.15, 0.2) is 0 Å². The molecule has 0 spiro atoms. The van der Waals surface area contributed by atoms with Gasteiger partial charge in [0.05, 0.1) is 0 Å². The second kappa shape index (κ2) is 20.1. The molecule has 0 radical (unpaired) electrons. The van der Waals surface area contributed by atoms with Gasteiger partial charge >= 0.3 is 0 Å². The fourth-order valence-corrected chi connectivity index (χ4v) is 15.5. The smallest absolute Gasteiger partial charge is 0.000696 e. The second-order valence-corrected chi connectivity index (χ2v) is 23.5. The molecule has 0 heteroatoms. The molecule has 0 amide bonds. The van der Waals surface area contributed by atoms with Crippen molar-refractivity contribution in [1.29, 1.82) is 0 Å². The van der Waals surface area contributed by atoms with E-state index in [1.807, 2.05) is 0 Å². The lowest BCUT2D eigenvalue weighted by molar-refractivity contribution is 1.57. The van der Waals surface area contributed by atoms with Gasteiger partial charge in [-0.25, -0.2) is 0 Å². The summed E-state index contributed by atoms with van der Waals surface area (Å²) >= 11 is 0. The summed E-state index contributed by atoms with van der Waals surface area (Å²) in [5, 5.41) is 10.0. The largest absolute Gasteiger partial charge is 0.0622 e. The van der Waals surface area contributed by atoms with Gasteiger partial charge in [-0.2, -0.15) is 0 Å². The molecule has 0 N–H and O–H groups in total. The Balaban J connectivity index is 0.932. The average Bonchev–Trinajstić information content (AvgIpc) is 1.81. The summed E-state index contributed by atoms with van der Waals surface area (Å²) in [7, 11) is 0. The van der Waals surface area contributed by atoms with Crippen molar-refractivity contribution in [2.75, 3.05) is 0 Å². The Hall–Kier alpha value is -11.4. The first-order valence-corrected chi connectivity index (χ1v) is 30.7. The highest BCUT2D eigenvalue weighted by Gasteiger charge is 2.36. The Morgan fingerprint density at radius 3 is 0.636 bits per heavy atom. The molecule has 0 saturated carbocycles. The van der Waals surface area contributed by atoms with E-state index >= 15 is 0 Å². The van der Waals surface area contributed by atoms with E-state index in [-0.39, 0.29) is 0 Å². The van der Waals surface area contributed by atoms with Crippen LogP contribution in [0.3, 0.4) is 0 Å². The van der Waals surface area contributed by atoms with Gasteiger partial charge in [-0.15, -0.1) is 0 Å². The number of benzene rings is 16. The Morgan fingerprint density at radius 1 is 0.102 bits per heavy atom. The molecule has 18 rings (SSSR count). The van der Waals surface area contributed by atoms with E-state index in [0.29, 0.717) is 0 Å².